The van der Waals surface area contributed by atoms with E-state index in [1.165, 1.54) is 0 Å². The molecule has 0 aliphatic heterocycles. The molecule has 3 aromatic rings. The van der Waals surface area contributed by atoms with E-state index in [-0.39, 0.29) is 21.5 Å². The minimum absolute atomic E-state index is 0.150. The van der Waals surface area contributed by atoms with Crippen molar-refractivity contribution < 1.29 is 9.59 Å². The first-order valence-corrected chi connectivity index (χ1v) is 9.29. The van der Waals surface area contributed by atoms with Crippen LogP contribution in [0.2, 0.25) is 10.0 Å². The molecule has 0 bridgehead atoms. The van der Waals surface area contributed by atoms with Crippen molar-refractivity contribution in [2.75, 3.05) is 5.32 Å². The van der Waals surface area contributed by atoms with Gasteiger partial charge in [-0.05, 0) is 50.2 Å². The molecule has 8 heteroatoms. The number of hydrogen-bond acceptors (Lipinski definition) is 3. The second kappa shape index (κ2) is 8.46. The maximum Gasteiger partial charge on any atom is 0.253 e. The molecule has 28 heavy (non-hydrogen) atoms. The molecule has 0 aliphatic rings. The van der Waals surface area contributed by atoms with Gasteiger partial charge in [-0.15, -0.1) is 0 Å². The minimum Gasteiger partial charge on any atom is -0.340 e. The number of aromatic nitrogens is 2. The van der Waals surface area contributed by atoms with Gasteiger partial charge in [-0.2, -0.15) is 5.10 Å². The summed E-state index contributed by atoms with van der Waals surface area (Å²) >= 11 is 12.0. The van der Waals surface area contributed by atoms with Crippen molar-refractivity contribution in [3.05, 3.63) is 76.0 Å². The fraction of sp³-hybridized carbons (Fsp3) is 0.150. The summed E-state index contributed by atoms with van der Waals surface area (Å²) in [6.07, 6.45) is 1.71. The number of rotatable bonds is 5. The third-order valence-corrected chi connectivity index (χ3v) is 4.95. The van der Waals surface area contributed by atoms with Crippen molar-refractivity contribution in [2.24, 2.45) is 0 Å². The summed E-state index contributed by atoms with van der Waals surface area (Å²) in [5, 5.41) is 10.1. The van der Waals surface area contributed by atoms with Gasteiger partial charge in [0.25, 0.3) is 5.91 Å². The van der Waals surface area contributed by atoms with Gasteiger partial charge in [0.05, 0.1) is 21.3 Å². The standard InChI is InChI=1S/C20H18Cl2N4O2/c1-12-9-10-23-26(12)15-6-3-5-14(11-15)25-19(27)13(2)24-20(28)16-7-4-8-17(21)18(16)22/h3-11,13H,1-2H3,(H,24,28)(H,25,27). The molecular weight excluding hydrogens is 399 g/mol. The molecule has 2 aromatic carbocycles. The maximum absolute atomic E-state index is 12.5. The van der Waals surface area contributed by atoms with Crippen LogP contribution in [0.25, 0.3) is 5.69 Å². The molecule has 0 aliphatic carbocycles. The lowest BCUT2D eigenvalue weighted by Gasteiger charge is -2.15. The summed E-state index contributed by atoms with van der Waals surface area (Å²) < 4.78 is 1.77. The summed E-state index contributed by atoms with van der Waals surface area (Å²) in [6, 6.07) is 13.2. The highest BCUT2D eigenvalue weighted by atomic mass is 35.5. The predicted octanol–water partition coefficient (Wildman–Crippen LogP) is 4.24. The predicted molar refractivity (Wildman–Crippen MR) is 110 cm³/mol. The normalized spacial score (nSPS) is 11.7. The number of amides is 2. The average Bonchev–Trinajstić information content (AvgIpc) is 3.10. The van der Waals surface area contributed by atoms with Crippen LogP contribution in [0.15, 0.2) is 54.7 Å². The Morgan fingerprint density at radius 2 is 1.86 bits per heavy atom. The van der Waals surface area contributed by atoms with Crippen molar-refractivity contribution in [3.8, 4) is 5.69 Å². The van der Waals surface area contributed by atoms with Crippen molar-refractivity contribution >= 4 is 40.7 Å². The second-order valence-electron chi connectivity index (χ2n) is 6.22. The molecule has 2 amide bonds. The molecule has 1 atom stereocenters. The Morgan fingerprint density at radius 1 is 1.11 bits per heavy atom. The Balaban J connectivity index is 1.68. The van der Waals surface area contributed by atoms with E-state index in [0.29, 0.717) is 5.69 Å². The van der Waals surface area contributed by atoms with Crippen molar-refractivity contribution in [1.82, 2.24) is 15.1 Å². The third-order valence-electron chi connectivity index (χ3n) is 4.13. The van der Waals surface area contributed by atoms with Gasteiger partial charge in [-0.1, -0.05) is 35.3 Å². The van der Waals surface area contributed by atoms with Crippen molar-refractivity contribution in [3.63, 3.8) is 0 Å². The SMILES string of the molecule is Cc1ccnn1-c1cccc(NC(=O)C(C)NC(=O)c2cccc(Cl)c2Cl)c1. The topological polar surface area (TPSA) is 76.0 Å². The van der Waals surface area contributed by atoms with Gasteiger partial charge in [0.1, 0.15) is 6.04 Å². The van der Waals surface area contributed by atoms with E-state index in [2.05, 4.69) is 15.7 Å². The monoisotopic (exact) mass is 416 g/mol. The van der Waals surface area contributed by atoms with Crippen LogP contribution < -0.4 is 10.6 Å². The highest BCUT2D eigenvalue weighted by Crippen LogP contribution is 2.25. The molecular formula is C20H18Cl2N4O2. The number of anilines is 1. The molecule has 1 unspecified atom stereocenters. The number of aryl methyl sites for hydroxylation is 1. The molecule has 1 heterocycles. The largest absolute Gasteiger partial charge is 0.340 e. The number of nitrogens with one attached hydrogen (secondary N) is 2. The number of benzene rings is 2. The van der Waals surface area contributed by atoms with E-state index in [1.54, 1.807) is 48.1 Å². The Bertz CT molecular complexity index is 1030. The van der Waals surface area contributed by atoms with Crippen LogP contribution in [0.5, 0.6) is 0 Å². The lowest BCUT2D eigenvalue weighted by Crippen LogP contribution is -2.41. The molecule has 0 radical (unpaired) electrons. The summed E-state index contributed by atoms with van der Waals surface area (Å²) in [4.78, 5) is 24.9. The van der Waals surface area contributed by atoms with Gasteiger partial charge >= 0.3 is 0 Å². The Morgan fingerprint density at radius 3 is 2.57 bits per heavy atom. The molecule has 1 aromatic heterocycles. The van der Waals surface area contributed by atoms with Gasteiger partial charge in [0, 0.05) is 17.6 Å². The summed E-state index contributed by atoms with van der Waals surface area (Å²) in [5.74, 6) is -0.836. The molecule has 0 fully saturated rings. The number of hydrogen-bond donors (Lipinski definition) is 2. The first kappa shape index (κ1) is 19.9. The lowest BCUT2D eigenvalue weighted by atomic mass is 10.2. The molecule has 144 valence electrons. The summed E-state index contributed by atoms with van der Waals surface area (Å²) in [7, 11) is 0. The fourth-order valence-electron chi connectivity index (χ4n) is 2.62. The highest BCUT2D eigenvalue weighted by Gasteiger charge is 2.19. The van der Waals surface area contributed by atoms with E-state index in [0.717, 1.165) is 11.4 Å². The van der Waals surface area contributed by atoms with Gasteiger partial charge in [0.15, 0.2) is 0 Å². The van der Waals surface area contributed by atoms with E-state index < -0.39 is 11.9 Å². The second-order valence-corrected chi connectivity index (χ2v) is 7.01. The van der Waals surface area contributed by atoms with Crippen LogP contribution in [-0.2, 0) is 4.79 Å². The lowest BCUT2D eigenvalue weighted by molar-refractivity contribution is -0.117. The Hall–Kier alpha value is -2.83. The van der Waals surface area contributed by atoms with E-state index in [1.807, 2.05) is 25.1 Å². The number of carbonyl (C=O) groups is 2. The van der Waals surface area contributed by atoms with Crippen LogP contribution in [-0.4, -0.2) is 27.6 Å². The molecule has 6 nitrogen and oxygen atoms in total. The van der Waals surface area contributed by atoms with Gasteiger partial charge < -0.3 is 10.6 Å². The van der Waals surface area contributed by atoms with Crippen LogP contribution in [0.1, 0.15) is 23.0 Å². The van der Waals surface area contributed by atoms with Gasteiger partial charge in [-0.25, -0.2) is 4.68 Å². The smallest absolute Gasteiger partial charge is 0.253 e. The van der Waals surface area contributed by atoms with Crippen molar-refractivity contribution in [2.45, 2.75) is 19.9 Å². The molecule has 0 saturated heterocycles. The summed E-state index contributed by atoms with van der Waals surface area (Å²) in [5.41, 5.74) is 2.61. The van der Waals surface area contributed by atoms with E-state index >= 15 is 0 Å². The third kappa shape index (κ3) is 4.35. The van der Waals surface area contributed by atoms with Gasteiger partial charge in [-0.3, -0.25) is 9.59 Å². The number of halogens is 2. The first-order chi connectivity index (χ1) is 13.4. The molecule has 0 spiro atoms. The average molecular weight is 417 g/mol. The van der Waals surface area contributed by atoms with Crippen LogP contribution in [0.3, 0.4) is 0 Å². The highest BCUT2D eigenvalue weighted by molar-refractivity contribution is 6.43. The first-order valence-electron chi connectivity index (χ1n) is 8.53. The van der Waals surface area contributed by atoms with Crippen LogP contribution >= 0.6 is 23.2 Å². The zero-order valence-electron chi connectivity index (χ0n) is 15.2. The zero-order valence-corrected chi connectivity index (χ0v) is 16.8. The van der Waals surface area contributed by atoms with E-state index in [9.17, 15) is 9.59 Å². The van der Waals surface area contributed by atoms with Gasteiger partial charge in [0.2, 0.25) is 5.91 Å². The van der Waals surface area contributed by atoms with Crippen molar-refractivity contribution in [1.29, 1.82) is 0 Å². The number of carbonyl (C=O) groups excluding carboxylic acids is 2. The van der Waals surface area contributed by atoms with Crippen LogP contribution in [0.4, 0.5) is 5.69 Å². The quantitative estimate of drug-likeness (QED) is 0.652. The minimum atomic E-state index is -0.780. The Labute approximate surface area is 172 Å². The zero-order chi connectivity index (χ0) is 20.3. The summed E-state index contributed by atoms with van der Waals surface area (Å²) in [6.45, 7) is 3.53. The number of nitrogens with zero attached hydrogens (tertiary/aromatic N) is 2. The maximum atomic E-state index is 12.5. The molecule has 0 saturated carbocycles. The fourth-order valence-corrected chi connectivity index (χ4v) is 3.01. The molecule has 3 rings (SSSR count). The molecule has 2 N–H and O–H groups in total. The Kier molecular flexibility index (Phi) is 6.02. The van der Waals surface area contributed by atoms with Crippen LogP contribution in [0, 0.1) is 6.92 Å². The van der Waals surface area contributed by atoms with E-state index in [4.69, 9.17) is 23.2 Å².